The van der Waals surface area contributed by atoms with Crippen LogP contribution in [0.2, 0.25) is 0 Å². The van der Waals surface area contributed by atoms with Gasteiger partial charge in [0.25, 0.3) is 0 Å². The number of carbonyl (C=O) groups is 2. The summed E-state index contributed by atoms with van der Waals surface area (Å²) < 4.78 is 17.1. The largest absolute Gasteiger partial charge is 0.492 e. The van der Waals surface area contributed by atoms with Crippen molar-refractivity contribution in [2.45, 2.75) is 39.5 Å². The minimum absolute atomic E-state index is 0.273. The van der Waals surface area contributed by atoms with Crippen LogP contribution in [0.4, 0.5) is 11.4 Å². The first-order chi connectivity index (χ1) is 14.5. The van der Waals surface area contributed by atoms with Crippen molar-refractivity contribution in [3.8, 4) is 11.5 Å². The predicted molar refractivity (Wildman–Crippen MR) is 114 cm³/mol. The summed E-state index contributed by atoms with van der Waals surface area (Å²) in [4.78, 5) is 26.8. The van der Waals surface area contributed by atoms with Crippen LogP contribution >= 0.6 is 0 Å². The molecule has 8 nitrogen and oxygen atoms in total. The van der Waals surface area contributed by atoms with Gasteiger partial charge in [-0.1, -0.05) is 12.8 Å². The van der Waals surface area contributed by atoms with E-state index in [0.717, 1.165) is 31.6 Å². The van der Waals surface area contributed by atoms with E-state index in [9.17, 15) is 14.7 Å². The molecule has 2 fully saturated rings. The van der Waals surface area contributed by atoms with Gasteiger partial charge in [-0.05, 0) is 26.7 Å². The number of nitrogens with zero attached hydrogens (tertiary/aromatic N) is 1. The lowest BCUT2D eigenvalue weighted by Crippen LogP contribution is -2.37. The number of rotatable bonds is 8. The number of carbonyl (C=O) groups excluding carboxylic acids is 1. The summed E-state index contributed by atoms with van der Waals surface area (Å²) in [5, 5.41) is 12.4. The summed E-state index contributed by atoms with van der Waals surface area (Å²) in [6.45, 7) is 7.52. The van der Waals surface area contributed by atoms with Crippen molar-refractivity contribution in [3.05, 3.63) is 12.1 Å². The van der Waals surface area contributed by atoms with Crippen LogP contribution in [0.15, 0.2) is 12.1 Å². The van der Waals surface area contributed by atoms with Gasteiger partial charge in [0.1, 0.15) is 11.5 Å². The van der Waals surface area contributed by atoms with Gasteiger partial charge in [0, 0.05) is 25.2 Å². The lowest BCUT2D eigenvalue weighted by atomic mass is 9.78. The van der Waals surface area contributed by atoms with Crippen LogP contribution in [-0.4, -0.2) is 56.5 Å². The van der Waals surface area contributed by atoms with E-state index in [4.69, 9.17) is 14.2 Å². The quantitative estimate of drug-likeness (QED) is 0.667. The lowest BCUT2D eigenvalue weighted by Gasteiger charge is -2.31. The number of morpholine rings is 1. The van der Waals surface area contributed by atoms with Crippen molar-refractivity contribution >= 4 is 23.3 Å². The Morgan fingerprint density at radius 3 is 2.33 bits per heavy atom. The van der Waals surface area contributed by atoms with Crippen molar-refractivity contribution in [2.24, 2.45) is 11.8 Å². The molecule has 1 saturated carbocycles. The fourth-order valence-electron chi connectivity index (χ4n) is 4.21. The topological polar surface area (TPSA) is 97.3 Å². The van der Waals surface area contributed by atoms with Crippen molar-refractivity contribution in [2.75, 3.05) is 49.7 Å². The smallest absolute Gasteiger partial charge is 0.307 e. The molecular formula is C22H32N2O6. The Bertz CT molecular complexity index is 747. The van der Waals surface area contributed by atoms with Crippen LogP contribution < -0.4 is 19.7 Å². The number of anilines is 2. The molecule has 8 heteroatoms. The molecule has 1 aliphatic heterocycles. The number of hydrogen-bond acceptors (Lipinski definition) is 6. The van der Waals surface area contributed by atoms with Gasteiger partial charge in [-0.3, -0.25) is 9.59 Å². The van der Waals surface area contributed by atoms with E-state index in [2.05, 4.69) is 10.2 Å². The van der Waals surface area contributed by atoms with E-state index in [1.807, 2.05) is 19.9 Å². The van der Waals surface area contributed by atoms with Gasteiger partial charge in [-0.15, -0.1) is 0 Å². The van der Waals surface area contributed by atoms with Crippen LogP contribution in [0.3, 0.4) is 0 Å². The van der Waals surface area contributed by atoms with Crippen molar-refractivity contribution in [3.63, 3.8) is 0 Å². The summed E-state index contributed by atoms with van der Waals surface area (Å²) in [6.07, 6.45) is 2.82. The molecule has 1 aliphatic carbocycles. The molecule has 1 aromatic rings. The number of benzene rings is 1. The highest BCUT2D eigenvalue weighted by Crippen LogP contribution is 2.40. The maximum atomic E-state index is 13.0. The summed E-state index contributed by atoms with van der Waals surface area (Å²) in [5.41, 5.74) is 1.42. The Morgan fingerprint density at radius 2 is 1.70 bits per heavy atom. The highest BCUT2D eigenvalue weighted by molar-refractivity contribution is 5.97. The molecule has 1 aromatic carbocycles. The maximum Gasteiger partial charge on any atom is 0.307 e. The molecule has 1 amide bonds. The third kappa shape index (κ3) is 5.16. The first-order valence-electron chi connectivity index (χ1n) is 10.8. The summed E-state index contributed by atoms with van der Waals surface area (Å²) in [7, 11) is 0. The zero-order valence-corrected chi connectivity index (χ0v) is 17.8. The second-order valence-electron chi connectivity index (χ2n) is 7.61. The first-order valence-corrected chi connectivity index (χ1v) is 10.8. The minimum atomic E-state index is -0.905. The van der Waals surface area contributed by atoms with Gasteiger partial charge in [-0.2, -0.15) is 0 Å². The monoisotopic (exact) mass is 420 g/mol. The molecule has 0 bridgehead atoms. The Kier molecular flexibility index (Phi) is 7.79. The van der Waals surface area contributed by atoms with Gasteiger partial charge < -0.3 is 29.5 Å². The first kappa shape index (κ1) is 22.2. The highest BCUT2D eigenvalue weighted by Gasteiger charge is 2.36. The van der Waals surface area contributed by atoms with E-state index in [1.54, 1.807) is 6.07 Å². The van der Waals surface area contributed by atoms with E-state index < -0.39 is 17.8 Å². The molecule has 2 atom stereocenters. The summed E-state index contributed by atoms with van der Waals surface area (Å²) in [5.74, 6) is -1.15. The third-order valence-corrected chi connectivity index (χ3v) is 5.69. The molecule has 0 aromatic heterocycles. The Balaban J connectivity index is 1.89. The van der Waals surface area contributed by atoms with Gasteiger partial charge in [0.2, 0.25) is 5.91 Å². The second kappa shape index (κ2) is 10.5. The number of carboxylic acid groups (broad SMARTS) is 1. The van der Waals surface area contributed by atoms with Crippen LogP contribution in [0, 0.1) is 11.8 Å². The highest BCUT2D eigenvalue weighted by atomic mass is 16.5. The maximum absolute atomic E-state index is 13.0. The molecule has 0 radical (unpaired) electrons. The number of ether oxygens (including phenoxy) is 3. The fraction of sp³-hybridized carbons (Fsp3) is 0.636. The summed E-state index contributed by atoms with van der Waals surface area (Å²) >= 11 is 0. The Labute approximate surface area is 177 Å². The average Bonchev–Trinajstić information content (AvgIpc) is 2.76. The molecule has 1 saturated heterocycles. The van der Waals surface area contributed by atoms with E-state index in [0.29, 0.717) is 56.5 Å². The molecule has 3 rings (SSSR count). The van der Waals surface area contributed by atoms with E-state index in [1.165, 1.54) is 0 Å². The molecule has 2 aliphatic rings. The number of nitrogens with one attached hydrogen (secondary N) is 1. The molecule has 2 N–H and O–H groups in total. The molecule has 2 unspecified atom stereocenters. The minimum Gasteiger partial charge on any atom is -0.492 e. The van der Waals surface area contributed by atoms with Crippen LogP contribution in [0.25, 0.3) is 0 Å². The zero-order chi connectivity index (χ0) is 21.5. The molecule has 1 heterocycles. The third-order valence-electron chi connectivity index (χ3n) is 5.69. The Morgan fingerprint density at radius 1 is 1.07 bits per heavy atom. The van der Waals surface area contributed by atoms with E-state index >= 15 is 0 Å². The van der Waals surface area contributed by atoms with Gasteiger partial charge in [0.15, 0.2) is 0 Å². The number of carboxylic acids is 1. The van der Waals surface area contributed by atoms with E-state index in [-0.39, 0.29) is 5.91 Å². The standard InChI is InChI=1S/C22H32N2O6/c1-3-29-19-14-18(24-9-11-28-12-10-24)20(30-4-2)13-17(19)23-21(25)15-7-5-6-8-16(15)22(26)27/h13-16H,3-12H2,1-2H3,(H,23,25)(H,26,27). The van der Waals surface area contributed by atoms with Gasteiger partial charge in [-0.25, -0.2) is 0 Å². The Hall–Kier alpha value is -2.48. The second-order valence-corrected chi connectivity index (χ2v) is 7.61. The van der Waals surface area contributed by atoms with Crippen molar-refractivity contribution in [1.29, 1.82) is 0 Å². The molecule has 30 heavy (non-hydrogen) atoms. The van der Waals surface area contributed by atoms with Crippen molar-refractivity contribution < 1.29 is 28.9 Å². The summed E-state index contributed by atoms with van der Waals surface area (Å²) in [6, 6.07) is 3.68. The van der Waals surface area contributed by atoms with Crippen LogP contribution in [0.1, 0.15) is 39.5 Å². The van der Waals surface area contributed by atoms with Crippen LogP contribution in [-0.2, 0) is 14.3 Å². The lowest BCUT2D eigenvalue weighted by molar-refractivity contribution is -0.147. The van der Waals surface area contributed by atoms with Crippen LogP contribution in [0.5, 0.6) is 11.5 Å². The van der Waals surface area contributed by atoms with Gasteiger partial charge in [0.05, 0.1) is 49.6 Å². The number of hydrogen-bond donors (Lipinski definition) is 2. The average molecular weight is 421 g/mol. The molecule has 0 spiro atoms. The molecule has 166 valence electrons. The molecular weight excluding hydrogens is 388 g/mol. The van der Waals surface area contributed by atoms with Gasteiger partial charge >= 0.3 is 5.97 Å². The number of aliphatic carboxylic acids is 1. The normalized spacial score (nSPS) is 21.7. The number of amides is 1. The SMILES string of the molecule is CCOc1cc(N2CCOCC2)c(OCC)cc1NC(=O)C1CCCCC1C(=O)O. The fourth-order valence-corrected chi connectivity index (χ4v) is 4.21. The predicted octanol–water partition coefficient (Wildman–Crippen LogP) is 3.15. The zero-order valence-electron chi connectivity index (χ0n) is 17.8. The van der Waals surface area contributed by atoms with Crippen molar-refractivity contribution in [1.82, 2.24) is 0 Å².